The molecular formula is C15H21N3. The van der Waals surface area contributed by atoms with Gasteiger partial charge in [0.25, 0.3) is 0 Å². The fourth-order valence-electron chi connectivity index (χ4n) is 2.04. The minimum Gasteiger partial charge on any atom is -0.337 e. The molecule has 18 heavy (non-hydrogen) atoms. The number of benzene rings is 1. The number of hydrogen-bond donors (Lipinski definition) is 1. The zero-order valence-corrected chi connectivity index (χ0v) is 11.1. The van der Waals surface area contributed by atoms with Crippen LogP contribution in [-0.4, -0.2) is 16.1 Å². The van der Waals surface area contributed by atoms with Gasteiger partial charge in [0.15, 0.2) is 0 Å². The maximum Gasteiger partial charge on any atom is 0.0945 e. The topological polar surface area (TPSA) is 29.9 Å². The molecule has 1 N–H and O–H groups in total. The Labute approximate surface area is 109 Å². The summed E-state index contributed by atoms with van der Waals surface area (Å²) in [5, 5.41) is 3.60. The van der Waals surface area contributed by atoms with E-state index in [2.05, 4.69) is 59.0 Å². The molecule has 96 valence electrons. The van der Waals surface area contributed by atoms with Crippen molar-refractivity contribution >= 4 is 0 Å². The Hall–Kier alpha value is -1.61. The lowest BCUT2D eigenvalue weighted by Gasteiger charge is -2.27. The molecule has 3 nitrogen and oxygen atoms in total. The molecule has 2 rings (SSSR count). The largest absolute Gasteiger partial charge is 0.337 e. The SMILES string of the molecule is CC(C)(NCCCn1ccnc1)c1ccccc1. The van der Waals surface area contributed by atoms with E-state index >= 15 is 0 Å². The third-order valence-corrected chi connectivity index (χ3v) is 3.21. The molecule has 0 bridgehead atoms. The lowest BCUT2D eigenvalue weighted by molar-refractivity contribution is 0.393. The van der Waals surface area contributed by atoms with Crippen molar-refractivity contribution in [3.05, 3.63) is 54.6 Å². The number of imidazole rings is 1. The molecular weight excluding hydrogens is 222 g/mol. The molecule has 1 aromatic heterocycles. The molecule has 0 aliphatic rings. The Morgan fingerprint density at radius 2 is 2.00 bits per heavy atom. The van der Waals surface area contributed by atoms with Gasteiger partial charge in [-0.05, 0) is 32.4 Å². The van der Waals surface area contributed by atoms with E-state index in [1.165, 1.54) is 5.56 Å². The predicted molar refractivity (Wildman–Crippen MR) is 74.3 cm³/mol. The van der Waals surface area contributed by atoms with E-state index in [4.69, 9.17) is 0 Å². The Kier molecular flexibility index (Phi) is 4.15. The molecule has 0 fully saturated rings. The fourth-order valence-corrected chi connectivity index (χ4v) is 2.04. The lowest BCUT2D eigenvalue weighted by atomic mass is 9.94. The smallest absolute Gasteiger partial charge is 0.0945 e. The Morgan fingerprint density at radius 1 is 1.22 bits per heavy atom. The summed E-state index contributed by atoms with van der Waals surface area (Å²) in [6, 6.07) is 10.6. The molecule has 0 unspecified atom stereocenters. The van der Waals surface area contributed by atoms with E-state index < -0.39 is 0 Å². The Bertz CT molecular complexity index is 446. The van der Waals surface area contributed by atoms with Gasteiger partial charge in [0.1, 0.15) is 0 Å². The van der Waals surface area contributed by atoms with Gasteiger partial charge in [0, 0.05) is 24.5 Å². The van der Waals surface area contributed by atoms with Crippen molar-refractivity contribution in [2.24, 2.45) is 0 Å². The number of rotatable bonds is 6. The highest BCUT2D eigenvalue weighted by atomic mass is 15.0. The summed E-state index contributed by atoms with van der Waals surface area (Å²) in [6.45, 7) is 6.46. The van der Waals surface area contributed by atoms with Crippen LogP contribution in [0.3, 0.4) is 0 Å². The Morgan fingerprint density at radius 3 is 2.67 bits per heavy atom. The lowest BCUT2D eigenvalue weighted by Crippen LogP contribution is -2.37. The summed E-state index contributed by atoms with van der Waals surface area (Å²) in [4.78, 5) is 4.04. The van der Waals surface area contributed by atoms with Gasteiger partial charge in [0.05, 0.1) is 6.33 Å². The van der Waals surface area contributed by atoms with Gasteiger partial charge in [0.2, 0.25) is 0 Å². The van der Waals surface area contributed by atoms with Crippen molar-refractivity contribution < 1.29 is 0 Å². The number of aryl methyl sites for hydroxylation is 1. The summed E-state index contributed by atoms with van der Waals surface area (Å²) in [6.07, 6.45) is 6.79. The van der Waals surface area contributed by atoms with Crippen molar-refractivity contribution in [3.63, 3.8) is 0 Å². The van der Waals surface area contributed by atoms with Gasteiger partial charge in [-0.25, -0.2) is 4.98 Å². The second-order valence-corrected chi connectivity index (χ2v) is 5.07. The van der Waals surface area contributed by atoms with E-state index in [0.29, 0.717) is 0 Å². The molecule has 2 aromatic rings. The summed E-state index contributed by atoms with van der Waals surface area (Å²) in [5.41, 5.74) is 1.35. The maximum absolute atomic E-state index is 4.04. The van der Waals surface area contributed by atoms with Crippen LogP contribution in [0, 0.1) is 0 Å². The summed E-state index contributed by atoms with van der Waals surface area (Å²) < 4.78 is 2.11. The zero-order valence-electron chi connectivity index (χ0n) is 11.1. The number of aromatic nitrogens is 2. The number of nitrogens with zero attached hydrogens (tertiary/aromatic N) is 2. The standard InChI is InChI=1S/C15H21N3/c1-15(2,14-7-4-3-5-8-14)17-9-6-11-18-12-10-16-13-18/h3-5,7-8,10,12-13,17H,6,9,11H2,1-2H3. The van der Waals surface area contributed by atoms with E-state index in [-0.39, 0.29) is 5.54 Å². The monoisotopic (exact) mass is 243 g/mol. The number of nitrogens with one attached hydrogen (secondary N) is 1. The predicted octanol–water partition coefficient (Wildman–Crippen LogP) is 2.80. The first-order valence-electron chi connectivity index (χ1n) is 6.45. The van der Waals surface area contributed by atoms with Crippen molar-refractivity contribution in [1.29, 1.82) is 0 Å². The van der Waals surface area contributed by atoms with Gasteiger partial charge in [-0.15, -0.1) is 0 Å². The van der Waals surface area contributed by atoms with Crippen LogP contribution >= 0.6 is 0 Å². The minimum atomic E-state index is 0.0240. The van der Waals surface area contributed by atoms with Crippen LogP contribution in [0.4, 0.5) is 0 Å². The normalized spacial score (nSPS) is 11.7. The Balaban J connectivity index is 1.79. The molecule has 0 amide bonds. The molecule has 0 atom stereocenters. The van der Waals surface area contributed by atoms with Crippen LogP contribution in [0.5, 0.6) is 0 Å². The summed E-state index contributed by atoms with van der Waals surface area (Å²) in [7, 11) is 0. The van der Waals surface area contributed by atoms with Crippen molar-refractivity contribution in [2.45, 2.75) is 32.4 Å². The first-order chi connectivity index (χ1) is 8.68. The van der Waals surface area contributed by atoms with Crippen molar-refractivity contribution in [3.8, 4) is 0 Å². The number of hydrogen-bond acceptors (Lipinski definition) is 2. The van der Waals surface area contributed by atoms with E-state index in [9.17, 15) is 0 Å². The molecule has 0 saturated carbocycles. The van der Waals surface area contributed by atoms with Gasteiger partial charge >= 0.3 is 0 Å². The highest BCUT2D eigenvalue weighted by Gasteiger charge is 2.18. The minimum absolute atomic E-state index is 0.0240. The zero-order chi connectivity index (χ0) is 12.8. The third kappa shape index (κ3) is 3.44. The van der Waals surface area contributed by atoms with Crippen LogP contribution in [-0.2, 0) is 12.1 Å². The van der Waals surface area contributed by atoms with Crippen molar-refractivity contribution in [2.75, 3.05) is 6.54 Å². The molecule has 0 radical (unpaired) electrons. The molecule has 1 aromatic carbocycles. The first-order valence-corrected chi connectivity index (χ1v) is 6.45. The van der Waals surface area contributed by atoms with Crippen LogP contribution < -0.4 is 5.32 Å². The van der Waals surface area contributed by atoms with Crippen molar-refractivity contribution in [1.82, 2.24) is 14.9 Å². The van der Waals surface area contributed by atoms with Crippen LogP contribution in [0.2, 0.25) is 0 Å². The molecule has 0 aliphatic carbocycles. The third-order valence-electron chi connectivity index (χ3n) is 3.21. The van der Waals surface area contributed by atoms with E-state index in [1.54, 1.807) is 0 Å². The molecule has 0 spiro atoms. The second kappa shape index (κ2) is 5.83. The highest BCUT2D eigenvalue weighted by Crippen LogP contribution is 2.19. The summed E-state index contributed by atoms with van der Waals surface area (Å²) in [5.74, 6) is 0. The van der Waals surface area contributed by atoms with Crippen LogP contribution in [0.25, 0.3) is 0 Å². The maximum atomic E-state index is 4.04. The summed E-state index contributed by atoms with van der Waals surface area (Å²) >= 11 is 0. The van der Waals surface area contributed by atoms with E-state index in [1.807, 2.05) is 18.7 Å². The average molecular weight is 243 g/mol. The quantitative estimate of drug-likeness (QED) is 0.791. The van der Waals surface area contributed by atoms with Gasteiger partial charge < -0.3 is 9.88 Å². The highest BCUT2D eigenvalue weighted by molar-refractivity contribution is 5.22. The molecule has 0 aliphatic heterocycles. The van der Waals surface area contributed by atoms with Gasteiger partial charge in [-0.2, -0.15) is 0 Å². The van der Waals surface area contributed by atoms with Crippen LogP contribution in [0.1, 0.15) is 25.8 Å². The van der Waals surface area contributed by atoms with Gasteiger partial charge in [-0.1, -0.05) is 30.3 Å². The molecule has 0 saturated heterocycles. The fraction of sp³-hybridized carbons (Fsp3) is 0.400. The molecule has 1 heterocycles. The van der Waals surface area contributed by atoms with E-state index in [0.717, 1.165) is 19.5 Å². The second-order valence-electron chi connectivity index (χ2n) is 5.07. The van der Waals surface area contributed by atoms with Gasteiger partial charge in [-0.3, -0.25) is 0 Å². The first kappa shape index (κ1) is 12.8. The van der Waals surface area contributed by atoms with Crippen LogP contribution in [0.15, 0.2) is 49.1 Å². The average Bonchev–Trinajstić information content (AvgIpc) is 2.89. The molecule has 3 heteroatoms.